The molecule has 3 heteroatoms. The predicted octanol–water partition coefficient (Wildman–Crippen LogP) is 4.60. The van der Waals surface area contributed by atoms with E-state index in [4.69, 9.17) is 14.2 Å². The van der Waals surface area contributed by atoms with Crippen molar-refractivity contribution in [1.82, 2.24) is 0 Å². The molecule has 0 aromatic heterocycles. The maximum Gasteiger partial charge on any atom is 0.119 e. The van der Waals surface area contributed by atoms with Crippen molar-refractivity contribution in [2.45, 2.75) is 20.3 Å². The zero-order valence-corrected chi connectivity index (χ0v) is 13.6. The van der Waals surface area contributed by atoms with Crippen LogP contribution in [-0.4, -0.2) is 26.9 Å². The van der Waals surface area contributed by atoms with Gasteiger partial charge in [-0.3, -0.25) is 0 Å². The molecule has 0 atom stereocenters. The molecule has 0 amide bonds. The van der Waals surface area contributed by atoms with E-state index in [9.17, 15) is 0 Å². The van der Waals surface area contributed by atoms with E-state index < -0.39 is 0 Å². The van der Waals surface area contributed by atoms with Crippen molar-refractivity contribution in [3.63, 3.8) is 0 Å². The quantitative estimate of drug-likeness (QED) is 0.527. The van der Waals surface area contributed by atoms with Gasteiger partial charge in [-0.1, -0.05) is 23.8 Å². The number of fused-ring (bicyclic) bond motifs is 1. The summed E-state index contributed by atoms with van der Waals surface area (Å²) in [5, 5.41) is 2.30. The standard InChI is InChI=1S/C19H24O3/c1-15(2)9-12-21-10-4-11-22-19-8-6-16-5-7-18(20-3)13-17(16)14-19/h5-9,13-14H,4,10-12H2,1-3H3. The number of benzene rings is 2. The smallest absolute Gasteiger partial charge is 0.119 e. The summed E-state index contributed by atoms with van der Waals surface area (Å²) in [7, 11) is 1.68. The molecule has 0 aliphatic heterocycles. The SMILES string of the molecule is COc1ccc2ccc(OCCCOCC=C(C)C)cc2c1. The molecule has 118 valence electrons. The molecule has 0 N–H and O–H groups in total. The van der Waals surface area contributed by atoms with Gasteiger partial charge in [-0.2, -0.15) is 0 Å². The molecular weight excluding hydrogens is 276 g/mol. The number of ether oxygens (including phenoxy) is 3. The van der Waals surface area contributed by atoms with Crippen LogP contribution in [0.4, 0.5) is 0 Å². The highest BCUT2D eigenvalue weighted by Crippen LogP contribution is 2.24. The molecule has 0 unspecified atom stereocenters. The Kier molecular flexibility index (Phi) is 6.28. The lowest BCUT2D eigenvalue weighted by Crippen LogP contribution is -2.03. The van der Waals surface area contributed by atoms with Crippen molar-refractivity contribution >= 4 is 10.8 Å². The van der Waals surface area contributed by atoms with E-state index in [0.29, 0.717) is 19.8 Å². The summed E-state index contributed by atoms with van der Waals surface area (Å²) in [4.78, 5) is 0. The zero-order valence-electron chi connectivity index (χ0n) is 13.6. The van der Waals surface area contributed by atoms with Gasteiger partial charge >= 0.3 is 0 Å². The maximum absolute atomic E-state index is 5.78. The van der Waals surface area contributed by atoms with Gasteiger partial charge in [-0.05, 0) is 48.9 Å². The molecule has 0 radical (unpaired) electrons. The molecule has 0 heterocycles. The summed E-state index contributed by atoms with van der Waals surface area (Å²) in [6.07, 6.45) is 2.96. The Balaban J connectivity index is 1.80. The first-order valence-electron chi connectivity index (χ1n) is 7.61. The fraction of sp³-hybridized carbons (Fsp3) is 0.368. The number of allylic oxidation sites excluding steroid dienone is 1. The zero-order chi connectivity index (χ0) is 15.8. The van der Waals surface area contributed by atoms with Gasteiger partial charge in [0.15, 0.2) is 0 Å². The minimum absolute atomic E-state index is 0.657. The van der Waals surface area contributed by atoms with E-state index in [1.54, 1.807) is 7.11 Å². The van der Waals surface area contributed by atoms with E-state index in [2.05, 4.69) is 32.1 Å². The van der Waals surface area contributed by atoms with Crippen LogP contribution in [0.2, 0.25) is 0 Å². The third-order valence-electron chi connectivity index (χ3n) is 3.33. The third kappa shape index (κ3) is 5.08. The van der Waals surface area contributed by atoms with Gasteiger partial charge in [-0.25, -0.2) is 0 Å². The van der Waals surface area contributed by atoms with Gasteiger partial charge in [0.05, 0.1) is 26.9 Å². The van der Waals surface area contributed by atoms with Gasteiger partial charge in [0.25, 0.3) is 0 Å². The predicted molar refractivity (Wildman–Crippen MR) is 90.9 cm³/mol. The van der Waals surface area contributed by atoms with Gasteiger partial charge in [0.2, 0.25) is 0 Å². The van der Waals surface area contributed by atoms with Crippen LogP contribution in [0.15, 0.2) is 48.0 Å². The average molecular weight is 300 g/mol. The molecular formula is C19H24O3. The van der Waals surface area contributed by atoms with Crippen LogP contribution >= 0.6 is 0 Å². The van der Waals surface area contributed by atoms with E-state index in [-0.39, 0.29) is 0 Å². The Labute approximate surface area is 132 Å². The van der Waals surface area contributed by atoms with Crippen molar-refractivity contribution in [2.24, 2.45) is 0 Å². The van der Waals surface area contributed by atoms with Crippen LogP contribution in [0.25, 0.3) is 10.8 Å². The second-order valence-corrected chi connectivity index (χ2v) is 5.43. The first-order valence-corrected chi connectivity index (χ1v) is 7.61. The van der Waals surface area contributed by atoms with Crippen LogP contribution in [0.1, 0.15) is 20.3 Å². The Morgan fingerprint density at radius 1 is 0.955 bits per heavy atom. The van der Waals surface area contributed by atoms with Gasteiger partial charge in [-0.15, -0.1) is 0 Å². The number of methoxy groups -OCH3 is 1. The molecule has 3 nitrogen and oxygen atoms in total. The topological polar surface area (TPSA) is 27.7 Å². The second-order valence-electron chi connectivity index (χ2n) is 5.43. The summed E-state index contributed by atoms with van der Waals surface area (Å²) in [6, 6.07) is 12.1. The largest absolute Gasteiger partial charge is 0.497 e. The highest BCUT2D eigenvalue weighted by molar-refractivity contribution is 5.85. The normalized spacial score (nSPS) is 10.5. The lowest BCUT2D eigenvalue weighted by molar-refractivity contribution is 0.143. The molecule has 0 spiro atoms. The van der Waals surface area contributed by atoms with E-state index in [1.807, 2.05) is 24.3 Å². The van der Waals surface area contributed by atoms with Crippen molar-refractivity contribution in [3.05, 3.63) is 48.0 Å². The fourth-order valence-electron chi connectivity index (χ4n) is 2.08. The summed E-state index contributed by atoms with van der Waals surface area (Å²) in [5.41, 5.74) is 1.28. The number of hydrogen-bond acceptors (Lipinski definition) is 3. The Morgan fingerprint density at radius 3 is 2.41 bits per heavy atom. The molecule has 2 aromatic rings. The molecule has 0 bridgehead atoms. The van der Waals surface area contributed by atoms with Crippen LogP contribution in [-0.2, 0) is 4.74 Å². The first kappa shape index (κ1) is 16.4. The van der Waals surface area contributed by atoms with Crippen LogP contribution in [0.3, 0.4) is 0 Å². The van der Waals surface area contributed by atoms with E-state index >= 15 is 0 Å². The van der Waals surface area contributed by atoms with Crippen molar-refractivity contribution in [2.75, 3.05) is 26.9 Å². The molecule has 0 fully saturated rings. The minimum atomic E-state index is 0.657. The fourth-order valence-corrected chi connectivity index (χ4v) is 2.08. The van der Waals surface area contributed by atoms with E-state index in [0.717, 1.165) is 23.3 Å². The summed E-state index contributed by atoms with van der Waals surface area (Å²) >= 11 is 0. The maximum atomic E-state index is 5.78. The van der Waals surface area contributed by atoms with E-state index in [1.165, 1.54) is 11.0 Å². The second kappa shape index (κ2) is 8.44. The first-order chi connectivity index (χ1) is 10.7. The van der Waals surface area contributed by atoms with Crippen molar-refractivity contribution < 1.29 is 14.2 Å². The highest BCUT2D eigenvalue weighted by atomic mass is 16.5. The monoisotopic (exact) mass is 300 g/mol. The van der Waals surface area contributed by atoms with Crippen LogP contribution in [0, 0.1) is 0 Å². The molecule has 0 saturated carbocycles. The summed E-state index contributed by atoms with van der Waals surface area (Å²) in [5.74, 6) is 1.74. The number of hydrogen-bond donors (Lipinski definition) is 0. The van der Waals surface area contributed by atoms with Crippen molar-refractivity contribution in [1.29, 1.82) is 0 Å². The summed E-state index contributed by atoms with van der Waals surface area (Å²) in [6.45, 7) is 6.19. The summed E-state index contributed by atoms with van der Waals surface area (Å²) < 4.78 is 16.5. The van der Waals surface area contributed by atoms with Gasteiger partial charge < -0.3 is 14.2 Å². The van der Waals surface area contributed by atoms with Crippen LogP contribution < -0.4 is 9.47 Å². The molecule has 0 aliphatic rings. The Hall–Kier alpha value is -2.00. The average Bonchev–Trinajstić information content (AvgIpc) is 2.53. The minimum Gasteiger partial charge on any atom is -0.497 e. The third-order valence-corrected chi connectivity index (χ3v) is 3.33. The molecule has 0 saturated heterocycles. The van der Waals surface area contributed by atoms with Gasteiger partial charge in [0.1, 0.15) is 11.5 Å². The molecule has 2 rings (SSSR count). The van der Waals surface area contributed by atoms with Gasteiger partial charge in [0, 0.05) is 6.42 Å². The lowest BCUT2D eigenvalue weighted by atomic mass is 10.1. The number of rotatable bonds is 8. The molecule has 2 aromatic carbocycles. The van der Waals surface area contributed by atoms with Crippen LogP contribution in [0.5, 0.6) is 11.5 Å². The van der Waals surface area contributed by atoms with Crippen molar-refractivity contribution in [3.8, 4) is 11.5 Å². The highest BCUT2D eigenvalue weighted by Gasteiger charge is 2.00. The Bertz CT molecular complexity index is 628. The molecule has 22 heavy (non-hydrogen) atoms. The Morgan fingerprint density at radius 2 is 1.68 bits per heavy atom. The molecule has 0 aliphatic carbocycles. The lowest BCUT2D eigenvalue weighted by Gasteiger charge is -2.08.